The third-order valence-corrected chi connectivity index (χ3v) is 7.19. The summed E-state index contributed by atoms with van der Waals surface area (Å²) in [7, 11) is 1.87. The minimum atomic E-state index is 0.166. The highest BCUT2D eigenvalue weighted by Gasteiger charge is 2.28. The molecule has 1 aromatic carbocycles. The average Bonchev–Trinajstić information content (AvgIpc) is 3.33. The molecule has 2 unspecified atom stereocenters. The molecule has 2 aromatic rings. The lowest BCUT2D eigenvalue weighted by Gasteiger charge is -2.35. The van der Waals surface area contributed by atoms with Gasteiger partial charge in [0.15, 0.2) is 5.96 Å². The Morgan fingerprint density at radius 1 is 1.17 bits per heavy atom. The van der Waals surface area contributed by atoms with Crippen LogP contribution >= 0.6 is 11.3 Å². The molecule has 0 radical (unpaired) electrons. The molecule has 0 amide bonds. The number of hydrogen-bond acceptors (Lipinski definition) is 4. The molecule has 162 valence electrons. The molecule has 1 aromatic heterocycles. The van der Waals surface area contributed by atoms with Gasteiger partial charge in [-0.25, -0.2) is 0 Å². The number of thiophene rings is 1. The maximum absolute atomic E-state index is 6.17. The van der Waals surface area contributed by atoms with Gasteiger partial charge in [0.05, 0.1) is 11.1 Å². The highest BCUT2D eigenvalue weighted by Crippen LogP contribution is 2.33. The lowest BCUT2D eigenvalue weighted by atomic mass is 9.89. The highest BCUT2D eigenvalue weighted by molar-refractivity contribution is 7.14. The number of benzene rings is 1. The monoisotopic (exact) mass is 426 g/mol. The second-order valence-corrected chi connectivity index (χ2v) is 9.34. The molecule has 0 aliphatic carbocycles. The number of piperidine rings is 1. The molecule has 0 bridgehead atoms. The van der Waals surface area contributed by atoms with Gasteiger partial charge in [0.25, 0.3) is 0 Å². The van der Waals surface area contributed by atoms with E-state index in [-0.39, 0.29) is 6.10 Å². The fraction of sp³-hybridized carbons (Fsp3) is 0.542. The van der Waals surface area contributed by atoms with E-state index in [0.717, 1.165) is 51.5 Å². The normalized spacial score (nSPS) is 23.4. The Hall–Kier alpha value is -2.05. The van der Waals surface area contributed by atoms with Crippen LogP contribution in [0.25, 0.3) is 0 Å². The number of ether oxygens (including phenoxy) is 1. The van der Waals surface area contributed by atoms with Crippen molar-refractivity contribution in [2.75, 3.05) is 38.2 Å². The van der Waals surface area contributed by atoms with Crippen LogP contribution in [0.2, 0.25) is 0 Å². The van der Waals surface area contributed by atoms with E-state index in [0.29, 0.717) is 12.0 Å². The molecule has 2 fully saturated rings. The summed E-state index contributed by atoms with van der Waals surface area (Å²) in [6, 6.07) is 13.6. The van der Waals surface area contributed by atoms with Gasteiger partial charge < -0.3 is 20.3 Å². The van der Waals surface area contributed by atoms with E-state index < -0.39 is 0 Å². The summed E-state index contributed by atoms with van der Waals surface area (Å²) < 4.78 is 6.17. The fourth-order valence-corrected chi connectivity index (χ4v) is 5.27. The number of guanidine groups is 1. The molecule has 3 heterocycles. The molecule has 4 rings (SSSR count). The molecule has 2 aliphatic heterocycles. The van der Waals surface area contributed by atoms with Crippen LogP contribution in [0.3, 0.4) is 0 Å². The Bertz CT molecular complexity index is 797. The van der Waals surface area contributed by atoms with Gasteiger partial charge in [0, 0.05) is 45.2 Å². The molecule has 2 atom stereocenters. The van der Waals surface area contributed by atoms with E-state index in [9.17, 15) is 0 Å². The number of anilines is 1. The van der Waals surface area contributed by atoms with E-state index in [4.69, 9.17) is 4.74 Å². The van der Waals surface area contributed by atoms with Gasteiger partial charge >= 0.3 is 0 Å². The summed E-state index contributed by atoms with van der Waals surface area (Å²) in [6.45, 7) is 6.06. The van der Waals surface area contributed by atoms with Crippen LogP contribution in [0.15, 0.2) is 46.8 Å². The van der Waals surface area contributed by atoms with Crippen molar-refractivity contribution in [1.82, 2.24) is 10.6 Å². The van der Waals surface area contributed by atoms with Crippen molar-refractivity contribution in [1.29, 1.82) is 0 Å². The van der Waals surface area contributed by atoms with Crippen LogP contribution in [-0.4, -0.2) is 45.3 Å². The Labute approximate surface area is 184 Å². The van der Waals surface area contributed by atoms with Crippen molar-refractivity contribution in [3.05, 3.63) is 52.9 Å². The largest absolute Gasteiger partial charge is 0.373 e. The van der Waals surface area contributed by atoms with Crippen molar-refractivity contribution >= 4 is 22.3 Å². The Balaban J connectivity index is 1.28. The molecule has 2 N–H and O–H groups in total. The smallest absolute Gasteiger partial charge is 0.191 e. The summed E-state index contributed by atoms with van der Waals surface area (Å²) in [5, 5.41) is 10.8. The molecule has 6 heteroatoms. The fourth-order valence-electron chi connectivity index (χ4n) is 4.49. The predicted octanol–water partition coefficient (Wildman–Crippen LogP) is 4.36. The molecule has 5 nitrogen and oxygen atoms in total. The predicted molar refractivity (Wildman–Crippen MR) is 127 cm³/mol. The second-order valence-electron chi connectivity index (χ2n) is 8.41. The number of nitrogens with one attached hydrogen (secondary N) is 2. The third kappa shape index (κ3) is 5.35. The number of nitrogens with zero attached hydrogens (tertiary/aromatic N) is 2. The topological polar surface area (TPSA) is 48.9 Å². The quantitative estimate of drug-likeness (QED) is 0.551. The van der Waals surface area contributed by atoms with Gasteiger partial charge in [0.2, 0.25) is 0 Å². The van der Waals surface area contributed by atoms with Crippen molar-refractivity contribution in [2.45, 2.75) is 44.8 Å². The molecule has 2 saturated heterocycles. The number of aliphatic imine (C=N–C) groups is 1. The lowest BCUT2D eigenvalue weighted by Crippen LogP contribution is -2.49. The Morgan fingerprint density at radius 2 is 1.97 bits per heavy atom. The molecule has 2 aliphatic rings. The molecule has 0 saturated carbocycles. The summed E-state index contributed by atoms with van der Waals surface area (Å²) >= 11 is 1.83. The molecule has 30 heavy (non-hydrogen) atoms. The van der Waals surface area contributed by atoms with Gasteiger partial charge in [-0.2, -0.15) is 0 Å². The van der Waals surface area contributed by atoms with E-state index >= 15 is 0 Å². The minimum Gasteiger partial charge on any atom is -0.373 e. The van der Waals surface area contributed by atoms with Crippen LogP contribution in [-0.2, 0) is 4.74 Å². The van der Waals surface area contributed by atoms with Crippen LogP contribution < -0.4 is 15.5 Å². The first-order valence-corrected chi connectivity index (χ1v) is 12.0. The Morgan fingerprint density at radius 3 is 2.67 bits per heavy atom. The number of hydrogen-bond donors (Lipinski definition) is 2. The molecular weight excluding hydrogens is 392 g/mol. The molecule has 0 spiro atoms. The SMILES string of the molecule is CN=C(NCC1CCCOC1c1ccc(C)cc1)NC1CCN(c2cccs2)CC1. The van der Waals surface area contributed by atoms with Gasteiger partial charge in [-0.05, 0) is 55.7 Å². The first kappa shape index (κ1) is 21.2. The van der Waals surface area contributed by atoms with Gasteiger partial charge in [-0.15, -0.1) is 11.3 Å². The van der Waals surface area contributed by atoms with Gasteiger partial charge in [-0.1, -0.05) is 29.8 Å². The van der Waals surface area contributed by atoms with Crippen LogP contribution in [0.1, 0.15) is 42.9 Å². The number of aryl methyl sites for hydroxylation is 1. The van der Waals surface area contributed by atoms with Gasteiger partial charge in [-0.3, -0.25) is 4.99 Å². The van der Waals surface area contributed by atoms with Crippen molar-refractivity contribution in [3.8, 4) is 0 Å². The Kier molecular flexibility index (Phi) is 7.28. The van der Waals surface area contributed by atoms with E-state index in [1.165, 1.54) is 22.5 Å². The first-order chi connectivity index (χ1) is 14.7. The lowest BCUT2D eigenvalue weighted by molar-refractivity contribution is -0.0265. The minimum absolute atomic E-state index is 0.166. The highest BCUT2D eigenvalue weighted by atomic mass is 32.1. The van der Waals surface area contributed by atoms with Gasteiger partial charge in [0.1, 0.15) is 0 Å². The zero-order valence-electron chi connectivity index (χ0n) is 18.1. The standard InChI is InChI=1S/C24H34N4OS/c1-18-7-9-19(10-8-18)23-20(5-3-15-29-23)17-26-24(25-2)27-21-11-13-28(14-12-21)22-6-4-16-30-22/h4,6-10,16,20-21,23H,3,5,11-15,17H2,1-2H3,(H2,25,26,27). The molecular formula is C24H34N4OS. The van der Waals surface area contributed by atoms with Crippen molar-refractivity contribution in [3.63, 3.8) is 0 Å². The second kappa shape index (κ2) is 10.3. The zero-order chi connectivity index (χ0) is 20.8. The summed E-state index contributed by atoms with van der Waals surface area (Å²) in [6.07, 6.45) is 4.75. The van der Waals surface area contributed by atoms with E-state index in [1.54, 1.807) is 0 Å². The van der Waals surface area contributed by atoms with E-state index in [2.05, 4.69) is 69.2 Å². The third-order valence-electron chi connectivity index (χ3n) is 6.26. The zero-order valence-corrected chi connectivity index (χ0v) is 19.0. The summed E-state index contributed by atoms with van der Waals surface area (Å²) in [4.78, 5) is 6.98. The maximum Gasteiger partial charge on any atom is 0.191 e. The maximum atomic E-state index is 6.17. The summed E-state index contributed by atoms with van der Waals surface area (Å²) in [5.41, 5.74) is 2.58. The average molecular weight is 427 g/mol. The van der Waals surface area contributed by atoms with Crippen LogP contribution in [0.5, 0.6) is 0 Å². The van der Waals surface area contributed by atoms with Crippen LogP contribution in [0, 0.1) is 12.8 Å². The van der Waals surface area contributed by atoms with Crippen LogP contribution in [0.4, 0.5) is 5.00 Å². The first-order valence-electron chi connectivity index (χ1n) is 11.2. The van der Waals surface area contributed by atoms with E-state index in [1.807, 2.05) is 18.4 Å². The van der Waals surface area contributed by atoms with Crippen molar-refractivity contribution < 1.29 is 4.74 Å². The summed E-state index contributed by atoms with van der Waals surface area (Å²) in [5.74, 6) is 1.37. The van der Waals surface area contributed by atoms with Crippen molar-refractivity contribution in [2.24, 2.45) is 10.9 Å². The number of rotatable bonds is 5.